The first-order valence-electron chi connectivity index (χ1n) is 17.5. The number of hydrogen-bond acceptors (Lipinski definition) is 8. The molecule has 1 aromatic heterocycles. The second-order valence-electron chi connectivity index (χ2n) is 14.2. The minimum absolute atomic E-state index is 0.117. The lowest BCUT2D eigenvalue weighted by molar-refractivity contribution is 0.0183. The maximum absolute atomic E-state index is 13.8. The maximum atomic E-state index is 13.8. The van der Waals surface area contributed by atoms with E-state index >= 15 is 0 Å². The summed E-state index contributed by atoms with van der Waals surface area (Å²) in [5.41, 5.74) is 3.84. The van der Waals surface area contributed by atoms with E-state index in [-0.39, 0.29) is 36.2 Å². The van der Waals surface area contributed by atoms with Crippen LogP contribution in [0.4, 0.5) is 10.5 Å². The van der Waals surface area contributed by atoms with Crippen LogP contribution in [0.25, 0.3) is 0 Å². The first-order chi connectivity index (χ1) is 22.8. The van der Waals surface area contributed by atoms with E-state index in [2.05, 4.69) is 33.1 Å². The quantitative estimate of drug-likeness (QED) is 0.292. The Kier molecular flexibility index (Phi) is 13.0. The molecular weight excluding hydrogens is 610 g/mol. The van der Waals surface area contributed by atoms with Gasteiger partial charge in [0.2, 0.25) is 0 Å². The highest BCUT2D eigenvalue weighted by molar-refractivity contribution is 5.97. The summed E-state index contributed by atoms with van der Waals surface area (Å²) in [6.45, 7) is 19.3. The molecule has 0 bridgehead atoms. The van der Waals surface area contributed by atoms with Crippen LogP contribution in [0.5, 0.6) is 5.75 Å². The van der Waals surface area contributed by atoms with Gasteiger partial charge in [0.25, 0.3) is 11.5 Å². The molecule has 2 aromatic rings. The predicted molar refractivity (Wildman–Crippen MR) is 189 cm³/mol. The molecule has 2 amide bonds. The SMILES string of the molecule is CCN(c1cc(OCCCN2CCOCC2)cc(C(=O)NCc2c(C)cc(C)[nH]c2=O)c1C)C1CCC(N(C)C(=O)OC(C)(C)C)CC1. The molecule has 11 nitrogen and oxygen atoms in total. The molecule has 1 aliphatic carbocycles. The summed E-state index contributed by atoms with van der Waals surface area (Å²) < 4.78 is 17.4. The van der Waals surface area contributed by atoms with Crippen molar-refractivity contribution in [1.29, 1.82) is 0 Å². The van der Waals surface area contributed by atoms with E-state index in [4.69, 9.17) is 14.2 Å². The van der Waals surface area contributed by atoms with Crippen LogP contribution < -0.4 is 20.5 Å². The van der Waals surface area contributed by atoms with Gasteiger partial charge in [-0.25, -0.2) is 4.79 Å². The second-order valence-corrected chi connectivity index (χ2v) is 14.2. The number of carbonyl (C=O) groups is 2. The largest absolute Gasteiger partial charge is 0.493 e. The number of nitrogens with one attached hydrogen (secondary N) is 2. The van der Waals surface area contributed by atoms with E-state index < -0.39 is 5.60 Å². The Morgan fingerprint density at radius 2 is 1.71 bits per heavy atom. The van der Waals surface area contributed by atoms with Crippen LogP contribution in [0.3, 0.4) is 0 Å². The average molecular weight is 668 g/mol. The number of aromatic amines is 1. The summed E-state index contributed by atoms with van der Waals surface area (Å²) in [5.74, 6) is 0.412. The Hall–Kier alpha value is -3.57. The third kappa shape index (κ3) is 9.98. The Morgan fingerprint density at radius 3 is 2.33 bits per heavy atom. The Labute approximate surface area is 286 Å². The number of anilines is 1. The molecule has 4 rings (SSSR count). The Balaban J connectivity index is 1.52. The van der Waals surface area contributed by atoms with E-state index in [0.29, 0.717) is 23.5 Å². The van der Waals surface area contributed by atoms with E-state index in [1.165, 1.54) is 0 Å². The smallest absolute Gasteiger partial charge is 0.410 e. The maximum Gasteiger partial charge on any atom is 0.410 e. The molecular formula is C37H57N5O6. The van der Waals surface area contributed by atoms with Crippen LogP contribution in [0.15, 0.2) is 23.0 Å². The number of amides is 2. The first kappa shape index (κ1) is 37.3. The molecule has 11 heteroatoms. The van der Waals surface area contributed by atoms with E-state index in [1.54, 1.807) is 4.90 Å². The molecule has 0 unspecified atom stereocenters. The highest BCUT2D eigenvalue weighted by atomic mass is 16.6. The third-order valence-corrected chi connectivity index (χ3v) is 9.50. The van der Waals surface area contributed by atoms with Crippen molar-refractivity contribution in [2.75, 3.05) is 57.9 Å². The van der Waals surface area contributed by atoms with Gasteiger partial charge in [-0.1, -0.05) is 0 Å². The number of aryl methyl sites for hydroxylation is 2. The molecule has 1 saturated heterocycles. The summed E-state index contributed by atoms with van der Waals surface area (Å²) >= 11 is 0. The number of carbonyl (C=O) groups excluding carboxylic acids is 2. The zero-order valence-electron chi connectivity index (χ0n) is 30.4. The fourth-order valence-corrected chi connectivity index (χ4v) is 6.82. The lowest BCUT2D eigenvalue weighted by Crippen LogP contribution is -2.46. The summed E-state index contributed by atoms with van der Waals surface area (Å²) in [6.07, 6.45) is 4.13. The molecule has 0 atom stereocenters. The normalized spacial score (nSPS) is 18.7. The molecule has 1 aliphatic heterocycles. The minimum atomic E-state index is -0.534. The zero-order valence-corrected chi connectivity index (χ0v) is 30.4. The van der Waals surface area contributed by atoms with Gasteiger partial charge >= 0.3 is 6.09 Å². The van der Waals surface area contributed by atoms with Crippen molar-refractivity contribution in [3.05, 3.63) is 56.5 Å². The summed E-state index contributed by atoms with van der Waals surface area (Å²) in [7, 11) is 1.83. The van der Waals surface area contributed by atoms with Gasteiger partial charge in [0, 0.05) is 80.4 Å². The van der Waals surface area contributed by atoms with Gasteiger partial charge in [0.1, 0.15) is 11.4 Å². The molecule has 2 fully saturated rings. The van der Waals surface area contributed by atoms with E-state index in [9.17, 15) is 14.4 Å². The van der Waals surface area contributed by atoms with E-state index in [0.717, 1.165) is 94.0 Å². The molecule has 2 aliphatic rings. The van der Waals surface area contributed by atoms with E-state index in [1.807, 2.05) is 60.7 Å². The number of morpholine rings is 1. The van der Waals surface area contributed by atoms with Gasteiger partial charge in [0.05, 0.1) is 19.8 Å². The number of H-pyrrole nitrogens is 1. The van der Waals surface area contributed by atoms with Gasteiger partial charge in [0.15, 0.2) is 0 Å². The van der Waals surface area contributed by atoms with Gasteiger partial charge in [-0.3, -0.25) is 14.5 Å². The molecule has 48 heavy (non-hydrogen) atoms. The fourth-order valence-electron chi connectivity index (χ4n) is 6.82. The Bertz CT molecular complexity index is 1450. The number of ether oxygens (including phenoxy) is 3. The predicted octanol–water partition coefficient (Wildman–Crippen LogP) is 5.34. The molecule has 2 heterocycles. The van der Waals surface area contributed by atoms with Crippen LogP contribution in [0, 0.1) is 20.8 Å². The summed E-state index contributed by atoms with van der Waals surface area (Å²) in [4.78, 5) is 48.5. The van der Waals surface area contributed by atoms with Crippen LogP contribution in [-0.4, -0.2) is 97.5 Å². The van der Waals surface area contributed by atoms with Gasteiger partial charge in [-0.05, 0) is 104 Å². The summed E-state index contributed by atoms with van der Waals surface area (Å²) in [5, 5.41) is 3.00. The number of nitrogens with zero attached hydrogens (tertiary/aromatic N) is 3. The van der Waals surface area contributed by atoms with Crippen molar-refractivity contribution in [2.24, 2.45) is 0 Å². The Morgan fingerprint density at radius 1 is 1.04 bits per heavy atom. The summed E-state index contributed by atoms with van der Waals surface area (Å²) in [6, 6.07) is 6.18. The number of rotatable bonds is 12. The van der Waals surface area contributed by atoms with Gasteiger partial charge in [-0.15, -0.1) is 0 Å². The standard InChI is InChI=1S/C37H57N5O6/c1-9-42(29-13-11-28(12-14-29)40(8)36(45)48-37(5,6)7)33-23-30(47-18-10-15-41-16-19-46-20-17-41)22-31(27(33)4)34(43)38-24-32-25(2)21-26(3)39-35(32)44/h21-23,28-29H,9-20,24H2,1-8H3,(H,38,43)(H,39,44). The van der Waals surface area contributed by atoms with Crippen LogP contribution in [0.2, 0.25) is 0 Å². The molecule has 2 N–H and O–H groups in total. The highest BCUT2D eigenvalue weighted by Crippen LogP contribution is 2.35. The molecule has 1 aromatic carbocycles. The zero-order chi connectivity index (χ0) is 35.0. The van der Waals surface area contributed by atoms with Crippen molar-refractivity contribution in [3.8, 4) is 5.75 Å². The van der Waals surface area contributed by atoms with Gasteiger partial charge in [-0.2, -0.15) is 0 Å². The number of pyridine rings is 1. The minimum Gasteiger partial charge on any atom is -0.493 e. The molecule has 266 valence electrons. The van der Waals surface area contributed by atoms with Crippen molar-refractivity contribution >= 4 is 17.7 Å². The molecule has 1 saturated carbocycles. The monoisotopic (exact) mass is 667 g/mol. The second kappa shape index (κ2) is 16.7. The van der Waals surface area contributed by atoms with Crippen molar-refractivity contribution in [3.63, 3.8) is 0 Å². The topological polar surface area (TPSA) is 116 Å². The lowest BCUT2D eigenvalue weighted by Gasteiger charge is -2.41. The van der Waals surface area contributed by atoms with Crippen molar-refractivity contribution in [1.82, 2.24) is 20.1 Å². The third-order valence-electron chi connectivity index (χ3n) is 9.50. The van der Waals surface area contributed by atoms with Crippen LogP contribution >= 0.6 is 0 Å². The molecule has 0 spiro atoms. The number of aromatic nitrogens is 1. The lowest BCUT2D eigenvalue weighted by atomic mass is 9.88. The van der Waals surface area contributed by atoms with Crippen LogP contribution in [0.1, 0.15) is 92.5 Å². The van der Waals surface area contributed by atoms with Crippen molar-refractivity contribution < 1.29 is 23.8 Å². The number of benzene rings is 1. The van der Waals surface area contributed by atoms with Crippen LogP contribution in [-0.2, 0) is 16.0 Å². The van der Waals surface area contributed by atoms with Crippen molar-refractivity contribution in [2.45, 2.75) is 105 Å². The fraction of sp³-hybridized carbons (Fsp3) is 0.649. The molecule has 0 radical (unpaired) electrons. The van der Waals surface area contributed by atoms with Gasteiger partial charge < -0.3 is 34.3 Å². The first-order valence-corrected chi connectivity index (χ1v) is 17.5. The number of hydrogen-bond donors (Lipinski definition) is 2. The average Bonchev–Trinajstić information content (AvgIpc) is 3.03. The highest BCUT2D eigenvalue weighted by Gasteiger charge is 2.32.